The highest BCUT2D eigenvalue weighted by atomic mass is 16.5. The maximum absolute atomic E-state index is 11.6. The van der Waals surface area contributed by atoms with E-state index in [1.54, 1.807) is 7.11 Å². The first-order valence-electron chi connectivity index (χ1n) is 6.44. The molecular weight excluding hydrogens is 218 g/mol. The molecule has 0 aromatic carbocycles. The van der Waals surface area contributed by atoms with Gasteiger partial charge in [-0.15, -0.1) is 0 Å². The SMILES string of the molecule is COCCC(C)(C(=O)O)N1C(C)CCCC1C. The van der Waals surface area contributed by atoms with E-state index in [0.29, 0.717) is 25.1 Å². The van der Waals surface area contributed by atoms with Crippen molar-refractivity contribution in [3.63, 3.8) is 0 Å². The fourth-order valence-electron chi connectivity index (χ4n) is 3.04. The number of rotatable bonds is 5. The van der Waals surface area contributed by atoms with Crippen molar-refractivity contribution in [2.45, 2.75) is 64.1 Å². The third kappa shape index (κ3) is 2.99. The summed E-state index contributed by atoms with van der Waals surface area (Å²) in [6.07, 6.45) is 3.90. The molecule has 0 amide bonds. The Balaban J connectivity index is 2.90. The number of carbonyl (C=O) groups is 1. The standard InChI is InChI=1S/C13H25NO3/c1-10-6-5-7-11(2)14(10)13(3,12(15)16)8-9-17-4/h10-11H,5-9H2,1-4H3,(H,15,16). The molecule has 1 heterocycles. The fourth-order valence-corrected chi connectivity index (χ4v) is 3.04. The number of aliphatic carboxylic acids is 1. The van der Waals surface area contributed by atoms with Crippen molar-refractivity contribution in [3.05, 3.63) is 0 Å². The summed E-state index contributed by atoms with van der Waals surface area (Å²) in [4.78, 5) is 13.8. The topological polar surface area (TPSA) is 49.8 Å². The minimum atomic E-state index is -0.810. The third-order valence-corrected chi connectivity index (χ3v) is 4.02. The van der Waals surface area contributed by atoms with E-state index in [2.05, 4.69) is 18.7 Å². The lowest BCUT2D eigenvalue weighted by molar-refractivity contribution is -0.157. The molecule has 0 bridgehead atoms. The molecule has 0 aliphatic carbocycles. The summed E-state index contributed by atoms with van der Waals surface area (Å²) in [6.45, 7) is 6.57. The van der Waals surface area contributed by atoms with Crippen LogP contribution < -0.4 is 0 Å². The minimum Gasteiger partial charge on any atom is -0.480 e. The number of carboxylic acid groups (broad SMARTS) is 1. The Kier molecular flexibility index (Phi) is 4.95. The molecule has 17 heavy (non-hydrogen) atoms. The Bertz CT molecular complexity index is 259. The number of nitrogens with zero attached hydrogens (tertiary/aromatic N) is 1. The van der Waals surface area contributed by atoms with Crippen LogP contribution in [0.15, 0.2) is 0 Å². The lowest BCUT2D eigenvalue weighted by atomic mass is 9.86. The number of methoxy groups -OCH3 is 1. The number of likely N-dealkylation sites (tertiary alicyclic amines) is 1. The van der Waals surface area contributed by atoms with Crippen LogP contribution in [0.1, 0.15) is 46.5 Å². The van der Waals surface area contributed by atoms with Gasteiger partial charge in [-0.3, -0.25) is 9.69 Å². The highest BCUT2D eigenvalue weighted by Crippen LogP contribution is 2.32. The van der Waals surface area contributed by atoms with Crippen LogP contribution in [0.5, 0.6) is 0 Å². The van der Waals surface area contributed by atoms with E-state index in [0.717, 1.165) is 12.8 Å². The lowest BCUT2D eigenvalue weighted by Gasteiger charge is -2.48. The Morgan fingerprint density at radius 2 is 1.94 bits per heavy atom. The van der Waals surface area contributed by atoms with E-state index in [-0.39, 0.29) is 0 Å². The molecule has 3 unspecified atom stereocenters. The first-order valence-corrected chi connectivity index (χ1v) is 6.44. The van der Waals surface area contributed by atoms with E-state index in [1.165, 1.54) is 6.42 Å². The normalized spacial score (nSPS) is 29.9. The average Bonchev–Trinajstić information content (AvgIpc) is 2.25. The highest BCUT2D eigenvalue weighted by molar-refractivity contribution is 5.78. The summed E-state index contributed by atoms with van der Waals surface area (Å²) in [6, 6.07) is 0.661. The van der Waals surface area contributed by atoms with Crippen molar-refractivity contribution in [3.8, 4) is 0 Å². The third-order valence-electron chi connectivity index (χ3n) is 4.02. The van der Waals surface area contributed by atoms with Gasteiger partial charge in [0.1, 0.15) is 5.54 Å². The van der Waals surface area contributed by atoms with Crippen molar-refractivity contribution in [2.24, 2.45) is 0 Å². The number of hydrogen-bond acceptors (Lipinski definition) is 3. The lowest BCUT2D eigenvalue weighted by Crippen LogP contribution is -2.61. The van der Waals surface area contributed by atoms with Crippen molar-refractivity contribution >= 4 is 5.97 Å². The van der Waals surface area contributed by atoms with Gasteiger partial charge in [-0.2, -0.15) is 0 Å². The Hall–Kier alpha value is -0.610. The van der Waals surface area contributed by atoms with Crippen LogP contribution in [0.3, 0.4) is 0 Å². The van der Waals surface area contributed by atoms with Gasteiger partial charge >= 0.3 is 5.97 Å². The largest absolute Gasteiger partial charge is 0.480 e. The molecule has 0 aromatic heterocycles. The van der Waals surface area contributed by atoms with Gasteiger partial charge < -0.3 is 9.84 Å². The molecule has 1 saturated heterocycles. The summed E-state index contributed by atoms with van der Waals surface area (Å²) in [7, 11) is 1.62. The first kappa shape index (κ1) is 14.5. The van der Waals surface area contributed by atoms with Crippen LogP contribution in [0.4, 0.5) is 0 Å². The van der Waals surface area contributed by atoms with Gasteiger partial charge in [0, 0.05) is 25.8 Å². The Labute approximate surface area is 104 Å². The van der Waals surface area contributed by atoms with Crippen molar-refractivity contribution in [2.75, 3.05) is 13.7 Å². The molecule has 0 aromatic rings. The molecule has 4 nitrogen and oxygen atoms in total. The summed E-state index contributed by atoms with van der Waals surface area (Å²) in [5.74, 6) is -0.741. The van der Waals surface area contributed by atoms with Gasteiger partial charge in [0.2, 0.25) is 0 Å². The van der Waals surface area contributed by atoms with Crippen LogP contribution in [-0.2, 0) is 9.53 Å². The van der Waals surface area contributed by atoms with Crippen LogP contribution in [0, 0.1) is 0 Å². The molecule has 1 aliphatic heterocycles. The molecule has 0 radical (unpaired) electrons. The zero-order valence-electron chi connectivity index (χ0n) is 11.4. The van der Waals surface area contributed by atoms with Gasteiger partial charge in [-0.25, -0.2) is 0 Å². The zero-order valence-corrected chi connectivity index (χ0v) is 11.4. The van der Waals surface area contributed by atoms with Crippen molar-refractivity contribution in [1.29, 1.82) is 0 Å². The molecule has 0 saturated carbocycles. The maximum Gasteiger partial charge on any atom is 0.323 e. The molecule has 3 atom stereocenters. The van der Waals surface area contributed by atoms with Crippen LogP contribution in [0.2, 0.25) is 0 Å². The maximum atomic E-state index is 11.6. The summed E-state index contributed by atoms with van der Waals surface area (Å²) in [5.41, 5.74) is -0.810. The monoisotopic (exact) mass is 243 g/mol. The fraction of sp³-hybridized carbons (Fsp3) is 0.923. The second kappa shape index (κ2) is 5.83. The van der Waals surface area contributed by atoms with Gasteiger partial charge in [0.05, 0.1) is 0 Å². The highest BCUT2D eigenvalue weighted by Gasteiger charge is 2.44. The van der Waals surface area contributed by atoms with Crippen molar-refractivity contribution < 1.29 is 14.6 Å². The molecule has 1 fully saturated rings. The minimum absolute atomic E-state index is 0.330. The number of carboxylic acids is 1. The number of piperidine rings is 1. The molecule has 100 valence electrons. The molecule has 1 rings (SSSR count). The molecule has 1 aliphatic rings. The first-order chi connectivity index (χ1) is 7.93. The van der Waals surface area contributed by atoms with E-state index >= 15 is 0 Å². The van der Waals surface area contributed by atoms with E-state index in [4.69, 9.17) is 4.74 Å². The predicted molar refractivity (Wildman–Crippen MR) is 67.1 cm³/mol. The second-order valence-corrected chi connectivity index (χ2v) is 5.36. The second-order valence-electron chi connectivity index (χ2n) is 5.36. The van der Waals surface area contributed by atoms with E-state index in [9.17, 15) is 9.90 Å². The van der Waals surface area contributed by atoms with Gasteiger partial charge in [0.25, 0.3) is 0 Å². The number of hydrogen-bond donors (Lipinski definition) is 1. The van der Waals surface area contributed by atoms with Crippen LogP contribution >= 0.6 is 0 Å². The van der Waals surface area contributed by atoms with Gasteiger partial charge in [-0.05, 0) is 40.0 Å². The quantitative estimate of drug-likeness (QED) is 0.803. The Morgan fingerprint density at radius 3 is 2.35 bits per heavy atom. The smallest absolute Gasteiger partial charge is 0.323 e. The molecule has 0 spiro atoms. The van der Waals surface area contributed by atoms with Gasteiger partial charge in [-0.1, -0.05) is 6.42 Å². The zero-order chi connectivity index (χ0) is 13.1. The van der Waals surface area contributed by atoms with E-state index < -0.39 is 11.5 Å². The number of ether oxygens (including phenoxy) is 1. The Morgan fingerprint density at radius 1 is 1.41 bits per heavy atom. The molecule has 4 heteroatoms. The van der Waals surface area contributed by atoms with Crippen LogP contribution in [0.25, 0.3) is 0 Å². The van der Waals surface area contributed by atoms with Gasteiger partial charge in [0.15, 0.2) is 0 Å². The summed E-state index contributed by atoms with van der Waals surface area (Å²) >= 11 is 0. The molecule has 1 N–H and O–H groups in total. The van der Waals surface area contributed by atoms with Crippen LogP contribution in [-0.4, -0.2) is 47.3 Å². The van der Waals surface area contributed by atoms with E-state index in [1.807, 2.05) is 6.92 Å². The molecular formula is C13H25NO3. The average molecular weight is 243 g/mol. The van der Waals surface area contributed by atoms with Crippen molar-refractivity contribution in [1.82, 2.24) is 4.90 Å². The summed E-state index contributed by atoms with van der Waals surface area (Å²) in [5, 5.41) is 9.55. The predicted octanol–water partition coefficient (Wildman–Crippen LogP) is 2.13. The summed E-state index contributed by atoms with van der Waals surface area (Å²) < 4.78 is 5.06.